The zero-order chi connectivity index (χ0) is 22.0. The van der Waals surface area contributed by atoms with Gasteiger partial charge in [-0.1, -0.05) is 23.7 Å². The zero-order valence-electron chi connectivity index (χ0n) is 17.1. The van der Waals surface area contributed by atoms with Crippen molar-refractivity contribution in [2.24, 2.45) is 0 Å². The van der Waals surface area contributed by atoms with Crippen LogP contribution in [-0.2, 0) is 19.3 Å². The van der Waals surface area contributed by atoms with E-state index in [-0.39, 0.29) is 5.82 Å². The standard InChI is InChI=1S/C23H21ClFN3OS2/c1-13-22(31-23(27-13)14(2)29)20-12-30-21(28-20)10-18-8-4-15(11-26-18)3-5-16-6-7-17(24)9-19(16)25/h4,6-9,11-12,14,29H,3,5,10H2,1-2H3. The molecular formula is C23H21ClFN3OS2. The van der Waals surface area contributed by atoms with Crippen LogP contribution in [0.1, 0.15) is 45.6 Å². The summed E-state index contributed by atoms with van der Waals surface area (Å²) in [6, 6.07) is 8.82. The van der Waals surface area contributed by atoms with Gasteiger partial charge in [0.15, 0.2) is 0 Å². The Morgan fingerprint density at radius 2 is 2.00 bits per heavy atom. The van der Waals surface area contributed by atoms with Crippen LogP contribution in [0.4, 0.5) is 4.39 Å². The molecule has 1 atom stereocenters. The molecule has 3 heterocycles. The van der Waals surface area contributed by atoms with Crippen molar-refractivity contribution >= 4 is 34.3 Å². The Balaban J connectivity index is 1.39. The molecule has 160 valence electrons. The Morgan fingerprint density at radius 3 is 2.68 bits per heavy atom. The summed E-state index contributed by atoms with van der Waals surface area (Å²) < 4.78 is 13.9. The van der Waals surface area contributed by atoms with Gasteiger partial charge in [0.25, 0.3) is 0 Å². The molecule has 1 unspecified atom stereocenters. The van der Waals surface area contributed by atoms with Crippen molar-refractivity contribution in [2.45, 2.75) is 39.2 Å². The largest absolute Gasteiger partial charge is 0.386 e. The first-order chi connectivity index (χ1) is 14.9. The number of rotatable bonds is 7. The van der Waals surface area contributed by atoms with Gasteiger partial charge in [0.2, 0.25) is 0 Å². The lowest BCUT2D eigenvalue weighted by Crippen LogP contribution is -1.97. The monoisotopic (exact) mass is 473 g/mol. The molecule has 0 radical (unpaired) electrons. The summed E-state index contributed by atoms with van der Waals surface area (Å²) in [5.41, 5.74) is 4.43. The highest BCUT2D eigenvalue weighted by Crippen LogP contribution is 2.33. The SMILES string of the molecule is Cc1nc(C(C)O)sc1-c1csc(Cc2ccc(CCc3ccc(Cl)cc3F)cn2)n1. The summed E-state index contributed by atoms with van der Waals surface area (Å²) in [7, 11) is 0. The smallest absolute Gasteiger partial charge is 0.127 e. The number of aliphatic hydroxyl groups is 1. The fourth-order valence-corrected chi connectivity index (χ4v) is 5.19. The van der Waals surface area contributed by atoms with Crippen molar-refractivity contribution in [3.8, 4) is 10.6 Å². The number of nitrogens with zero attached hydrogens (tertiary/aromatic N) is 3. The van der Waals surface area contributed by atoms with Crippen molar-refractivity contribution in [3.63, 3.8) is 0 Å². The number of aromatic nitrogens is 3. The molecule has 4 rings (SSSR count). The molecule has 0 aliphatic heterocycles. The second kappa shape index (κ2) is 9.53. The summed E-state index contributed by atoms with van der Waals surface area (Å²) in [6.07, 6.45) is 3.23. The van der Waals surface area contributed by atoms with Gasteiger partial charge in [-0.25, -0.2) is 14.4 Å². The molecule has 0 amide bonds. The van der Waals surface area contributed by atoms with Crippen molar-refractivity contribution in [3.05, 3.63) is 85.3 Å². The minimum Gasteiger partial charge on any atom is -0.386 e. The van der Waals surface area contributed by atoms with E-state index in [0.29, 0.717) is 34.9 Å². The van der Waals surface area contributed by atoms with Crippen molar-refractivity contribution in [2.75, 3.05) is 0 Å². The zero-order valence-corrected chi connectivity index (χ0v) is 19.5. The lowest BCUT2D eigenvalue weighted by atomic mass is 10.0. The van der Waals surface area contributed by atoms with Gasteiger partial charge in [0, 0.05) is 28.7 Å². The first kappa shape index (κ1) is 22.0. The number of pyridine rings is 1. The van der Waals surface area contributed by atoms with Crippen LogP contribution in [0, 0.1) is 12.7 Å². The van der Waals surface area contributed by atoms with Gasteiger partial charge < -0.3 is 5.11 Å². The van der Waals surface area contributed by atoms with E-state index in [1.807, 2.05) is 30.6 Å². The maximum Gasteiger partial charge on any atom is 0.127 e. The highest BCUT2D eigenvalue weighted by molar-refractivity contribution is 7.16. The highest BCUT2D eigenvalue weighted by atomic mass is 35.5. The highest BCUT2D eigenvalue weighted by Gasteiger charge is 2.16. The third-order valence-electron chi connectivity index (χ3n) is 4.87. The molecule has 1 N–H and O–H groups in total. The summed E-state index contributed by atoms with van der Waals surface area (Å²) in [4.78, 5) is 14.7. The third kappa shape index (κ3) is 5.36. The molecule has 31 heavy (non-hydrogen) atoms. The molecule has 0 saturated heterocycles. The van der Waals surface area contributed by atoms with Gasteiger partial charge in [-0.3, -0.25) is 4.98 Å². The van der Waals surface area contributed by atoms with E-state index in [0.717, 1.165) is 32.5 Å². The van der Waals surface area contributed by atoms with E-state index in [4.69, 9.17) is 16.6 Å². The summed E-state index contributed by atoms with van der Waals surface area (Å²) in [5, 5.41) is 13.9. The Hall–Kier alpha value is -2.19. The number of thiazole rings is 2. The van der Waals surface area contributed by atoms with Crippen LogP contribution < -0.4 is 0 Å². The fourth-order valence-electron chi connectivity index (χ4n) is 3.20. The second-order valence-electron chi connectivity index (χ2n) is 7.34. The van der Waals surface area contributed by atoms with Crippen LogP contribution in [0.5, 0.6) is 0 Å². The van der Waals surface area contributed by atoms with E-state index in [9.17, 15) is 9.50 Å². The Labute approximate surface area is 193 Å². The number of benzene rings is 1. The number of aliphatic hydroxyl groups excluding tert-OH is 1. The van der Waals surface area contributed by atoms with Gasteiger partial charge in [-0.05, 0) is 56.0 Å². The van der Waals surface area contributed by atoms with Crippen LogP contribution >= 0.6 is 34.3 Å². The number of halogens is 2. The third-order valence-corrected chi connectivity index (χ3v) is 7.31. The van der Waals surface area contributed by atoms with Crippen molar-refractivity contribution < 1.29 is 9.50 Å². The van der Waals surface area contributed by atoms with E-state index in [1.54, 1.807) is 30.4 Å². The Bertz CT molecular complexity index is 1190. The normalized spacial score (nSPS) is 12.3. The summed E-state index contributed by atoms with van der Waals surface area (Å²) >= 11 is 8.88. The number of hydrogen-bond donors (Lipinski definition) is 1. The molecule has 0 aliphatic rings. The maximum absolute atomic E-state index is 13.9. The average molecular weight is 474 g/mol. The molecule has 8 heteroatoms. The lowest BCUT2D eigenvalue weighted by molar-refractivity contribution is 0.198. The van der Waals surface area contributed by atoms with E-state index < -0.39 is 6.10 Å². The molecule has 3 aromatic heterocycles. The van der Waals surface area contributed by atoms with Crippen molar-refractivity contribution in [1.82, 2.24) is 15.0 Å². The minimum atomic E-state index is -0.575. The van der Waals surface area contributed by atoms with Gasteiger partial charge in [-0.2, -0.15) is 0 Å². The Morgan fingerprint density at radius 1 is 1.16 bits per heavy atom. The molecule has 1 aromatic carbocycles. The predicted octanol–water partition coefficient (Wildman–Crippen LogP) is 6.19. The minimum absolute atomic E-state index is 0.270. The van der Waals surface area contributed by atoms with E-state index in [2.05, 4.69) is 9.97 Å². The second-order valence-corrected chi connectivity index (χ2v) is 9.75. The van der Waals surface area contributed by atoms with Crippen LogP contribution in [0.15, 0.2) is 41.9 Å². The topological polar surface area (TPSA) is 58.9 Å². The van der Waals surface area contributed by atoms with Crippen molar-refractivity contribution in [1.29, 1.82) is 0 Å². The van der Waals surface area contributed by atoms with Gasteiger partial charge in [0.1, 0.15) is 16.9 Å². The fraction of sp³-hybridized carbons (Fsp3) is 0.261. The molecular weight excluding hydrogens is 453 g/mol. The van der Waals surface area contributed by atoms with Crippen LogP contribution in [0.25, 0.3) is 10.6 Å². The quantitative estimate of drug-likeness (QED) is 0.347. The van der Waals surface area contributed by atoms with Gasteiger partial charge >= 0.3 is 0 Å². The van der Waals surface area contributed by atoms with E-state index >= 15 is 0 Å². The van der Waals surface area contributed by atoms with E-state index in [1.165, 1.54) is 17.4 Å². The lowest BCUT2D eigenvalue weighted by Gasteiger charge is -2.05. The Kier molecular flexibility index (Phi) is 6.77. The molecule has 0 aliphatic carbocycles. The number of aryl methyl sites for hydroxylation is 3. The van der Waals surface area contributed by atoms with Crippen LogP contribution in [0.2, 0.25) is 5.02 Å². The molecule has 4 aromatic rings. The first-order valence-electron chi connectivity index (χ1n) is 9.87. The van der Waals surface area contributed by atoms with Gasteiger partial charge in [0.05, 0.1) is 21.3 Å². The molecule has 4 nitrogen and oxygen atoms in total. The number of hydrogen-bond acceptors (Lipinski definition) is 6. The average Bonchev–Trinajstić information content (AvgIpc) is 3.35. The predicted molar refractivity (Wildman–Crippen MR) is 124 cm³/mol. The van der Waals surface area contributed by atoms with Crippen LogP contribution in [0.3, 0.4) is 0 Å². The summed E-state index contributed by atoms with van der Waals surface area (Å²) in [6.45, 7) is 3.66. The first-order valence-corrected chi connectivity index (χ1v) is 11.9. The van der Waals surface area contributed by atoms with Gasteiger partial charge in [-0.15, -0.1) is 22.7 Å². The van der Waals surface area contributed by atoms with Crippen LogP contribution in [-0.4, -0.2) is 20.1 Å². The maximum atomic E-state index is 13.9. The summed E-state index contributed by atoms with van der Waals surface area (Å²) in [5.74, 6) is -0.270. The molecule has 0 spiro atoms. The molecule has 0 fully saturated rings. The molecule has 0 bridgehead atoms. The molecule has 0 saturated carbocycles.